The Morgan fingerprint density at radius 1 is 1.22 bits per heavy atom. The molecular formula is C18H25IN6OS. The highest BCUT2D eigenvalue weighted by Gasteiger charge is 2.19. The Morgan fingerprint density at radius 2 is 1.89 bits per heavy atom. The minimum Gasteiger partial charge on any atom is -0.370 e. The Labute approximate surface area is 180 Å². The number of aromatic nitrogens is 1. The third kappa shape index (κ3) is 5.55. The molecule has 1 aromatic heterocycles. The maximum absolute atomic E-state index is 11.9. The molecule has 7 nitrogen and oxygen atoms in total. The van der Waals surface area contributed by atoms with Gasteiger partial charge < -0.3 is 20.4 Å². The molecule has 146 valence electrons. The average molecular weight is 500 g/mol. The first-order valence-electron chi connectivity index (χ1n) is 8.54. The second-order valence-corrected chi connectivity index (χ2v) is 7.23. The second kappa shape index (κ2) is 9.88. The third-order valence-electron chi connectivity index (χ3n) is 4.32. The summed E-state index contributed by atoms with van der Waals surface area (Å²) >= 11 is 1.66. The van der Waals surface area contributed by atoms with E-state index in [-0.39, 0.29) is 29.9 Å². The highest BCUT2D eigenvalue weighted by molar-refractivity contribution is 14.0. The number of halogens is 1. The van der Waals surface area contributed by atoms with Crippen molar-refractivity contribution in [3.05, 3.63) is 47.0 Å². The zero-order valence-electron chi connectivity index (χ0n) is 15.5. The van der Waals surface area contributed by atoms with Gasteiger partial charge in [-0.1, -0.05) is 12.1 Å². The topological polar surface area (TPSA) is 78.1 Å². The van der Waals surface area contributed by atoms with Crippen molar-refractivity contribution >= 4 is 52.3 Å². The van der Waals surface area contributed by atoms with E-state index < -0.39 is 0 Å². The molecule has 2 heterocycles. The molecule has 0 aliphatic carbocycles. The van der Waals surface area contributed by atoms with Crippen molar-refractivity contribution < 1.29 is 4.79 Å². The normalized spacial score (nSPS) is 14.7. The molecule has 1 aliphatic heterocycles. The summed E-state index contributed by atoms with van der Waals surface area (Å²) in [6.07, 6.45) is 1.83. The second-order valence-electron chi connectivity index (χ2n) is 6.36. The maximum Gasteiger partial charge on any atom is 0.253 e. The van der Waals surface area contributed by atoms with Crippen LogP contribution in [-0.4, -0.2) is 66.9 Å². The van der Waals surface area contributed by atoms with Crippen LogP contribution in [0.15, 0.2) is 40.8 Å². The van der Waals surface area contributed by atoms with Crippen LogP contribution in [0.3, 0.4) is 0 Å². The predicted octanol–water partition coefficient (Wildman–Crippen LogP) is 2.10. The highest BCUT2D eigenvalue weighted by Crippen LogP contribution is 2.18. The fraction of sp³-hybridized carbons (Fsp3) is 0.389. The van der Waals surface area contributed by atoms with Gasteiger partial charge in [0.1, 0.15) is 0 Å². The SMILES string of the molecule is CN(C)C(=O)c1ccc(CN=C(N)N2CCN(c3nccs3)CC2)cc1.I. The van der Waals surface area contributed by atoms with Gasteiger partial charge in [0.2, 0.25) is 0 Å². The van der Waals surface area contributed by atoms with E-state index in [1.807, 2.05) is 35.8 Å². The number of carbonyl (C=O) groups is 1. The number of hydrogen-bond donors (Lipinski definition) is 1. The van der Waals surface area contributed by atoms with Gasteiger partial charge in [-0.3, -0.25) is 4.79 Å². The van der Waals surface area contributed by atoms with Gasteiger partial charge in [0.25, 0.3) is 5.91 Å². The number of nitrogens with zero attached hydrogens (tertiary/aromatic N) is 5. The molecule has 0 radical (unpaired) electrons. The molecule has 1 aliphatic rings. The molecule has 1 fully saturated rings. The molecule has 0 atom stereocenters. The Bertz CT molecular complexity index is 755. The molecule has 3 rings (SSSR count). The smallest absolute Gasteiger partial charge is 0.253 e. The number of aliphatic imine (C=N–C) groups is 1. The molecular weight excluding hydrogens is 475 g/mol. The number of anilines is 1. The number of amides is 1. The molecule has 0 saturated carbocycles. The zero-order chi connectivity index (χ0) is 18.5. The van der Waals surface area contributed by atoms with E-state index in [9.17, 15) is 4.79 Å². The quantitative estimate of drug-likeness (QED) is 0.396. The minimum absolute atomic E-state index is 0. The van der Waals surface area contributed by atoms with Crippen LogP contribution >= 0.6 is 35.3 Å². The van der Waals surface area contributed by atoms with Gasteiger partial charge in [0.05, 0.1) is 6.54 Å². The summed E-state index contributed by atoms with van der Waals surface area (Å²) in [4.78, 5) is 26.7. The number of hydrogen-bond acceptors (Lipinski definition) is 5. The number of thiazole rings is 1. The van der Waals surface area contributed by atoms with Crippen LogP contribution < -0.4 is 10.6 Å². The Morgan fingerprint density at radius 3 is 2.44 bits per heavy atom. The van der Waals surface area contributed by atoms with Crippen molar-refractivity contribution in [3.8, 4) is 0 Å². The molecule has 0 unspecified atom stereocenters. The summed E-state index contributed by atoms with van der Waals surface area (Å²) in [5.41, 5.74) is 7.87. The first-order chi connectivity index (χ1) is 12.5. The summed E-state index contributed by atoms with van der Waals surface area (Å²) in [5.74, 6) is 0.565. The van der Waals surface area contributed by atoms with Gasteiger partial charge in [0, 0.05) is 57.4 Å². The van der Waals surface area contributed by atoms with E-state index in [0.717, 1.165) is 36.9 Å². The monoisotopic (exact) mass is 500 g/mol. The van der Waals surface area contributed by atoms with Gasteiger partial charge in [-0.15, -0.1) is 35.3 Å². The van der Waals surface area contributed by atoms with E-state index >= 15 is 0 Å². The number of carbonyl (C=O) groups excluding carboxylic acids is 1. The molecule has 1 saturated heterocycles. The van der Waals surface area contributed by atoms with Gasteiger partial charge >= 0.3 is 0 Å². The van der Waals surface area contributed by atoms with E-state index in [0.29, 0.717) is 18.1 Å². The summed E-state index contributed by atoms with van der Waals surface area (Å²) < 4.78 is 0. The summed E-state index contributed by atoms with van der Waals surface area (Å²) in [5, 5.41) is 3.06. The molecule has 1 amide bonds. The van der Waals surface area contributed by atoms with Crippen molar-refractivity contribution in [1.29, 1.82) is 0 Å². The number of guanidine groups is 1. The Hall–Kier alpha value is -1.88. The van der Waals surface area contributed by atoms with Crippen molar-refractivity contribution in [1.82, 2.24) is 14.8 Å². The van der Waals surface area contributed by atoms with Crippen molar-refractivity contribution in [2.24, 2.45) is 10.7 Å². The van der Waals surface area contributed by atoms with E-state index in [1.165, 1.54) is 0 Å². The number of benzene rings is 1. The van der Waals surface area contributed by atoms with Crippen molar-refractivity contribution in [2.75, 3.05) is 45.2 Å². The summed E-state index contributed by atoms with van der Waals surface area (Å²) in [6, 6.07) is 7.51. The molecule has 0 bridgehead atoms. The molecule has 2 N–H and O–H groups in total. The zero-order valence-corrected chi connectivity index (χ0v) is 18.7. The number of piperazine rings is 1. The van der Waals surface area contributed by atoms with Crippen LogP contribution in [0, 0.1) is 0 Å². The molecule has 1 aromatic carbocycles. The van der Waals surface area contributed by atoms with E-state index in [2.05, 4.69) is 19.8 Å². The summed E-state index contributed by atoms with van der Waals surface area (Å²) in [7, 11) is 3.49. The largest absolute Gasteiger partial charge is 0.370 e. The lowest BCUT2D eigenvalue weighted by Crippen LogP contribution is -2.51. The van der Waals surface area contributed by atoms with Crippen LogP contribution in [-0.2, 0) is 6.54 Å². The van der Waals surface area contributed by atoms with Crippen molar-refractivity contribution in [3.63, 3.8) is 0 Å². The standard InChI is InChI=1S/C18H24N6OS.HI/c1-22(2)16(25)15-5-3-14(4-6-15)13-21-17(19)23-8-10-24(11-9-23)18-20-7-12-26-18;/h3-7,12H,8-11,13H2,1-2H3,(H2,19,21);1H. The molecule has 27 heavy (non-hydrogen) atoms. The van der Waals surface area contributed by atoms with Crippen molar-refractivity contribution in [2.45, 2.75) is 6.54 Å². The molecule has 0 spiro atoms. The van der Waals surface area contributed by atoms with Gasteiger partial charge in [-0.25, -0.2) is 9.98 Å². The lowest BCUT2D eigenvalue weighted by molar-refractivity contribution is 0.0827. The molecule has 9 heteroatoms. The lowest BCUT2D eigenvalue weighted by atomic mass is 10.1. The summed E-state index contributed by atoms with van der Waals surface area (Å²) in [6.45, 7) is 3.97. The minimum atomic E-state index is -0.00216. The van der Waals surface area contributed by atoms with Crippen LogP contribution in [0.5, 0.6) is 0 Å². The average Bonchev–Trinajstić information content (AvgIpc) is 3.21. The predicted molar refractivity (Wildman–Crippen MR) is 121 cm³/mol. The maximum atomic E-state index is 11.9. The highest BCUT2D eigenvalue weighted by atomic mass is 127. The van der Waals surface area contributed by atoms with Crippen LogP contribution in [0.4, 0.5) is 5.13 Å². The van der Waals surface area contributed by atoms with Gasteiger partial charge in [0.15, 0.2) is 11.1 Å². The Kier molecular flexibility index (Phi) is 7.84. The van der Waals surface area contributed by atoms with E-state index in [4.69, 9.17) is 5.73 Å². The van der Waals surface area contributed by atoms with Crippen LogP contribution in [0.25, 0.3) is 0 Å². The number of rotatable bonds is 4. The number of nitrogens with two attached hydrogens (primary N) is 1. The van der Waals surface area contributed by atoms with E-state index in [1.54, 1.807) is 30.3 Å². The molecule has 2 aromatic rings. The Balaban J connectivity index is 0.00000261. The van der Waals surface area contributed by atoms with Gasteiger partial charge in [-0.05, 0) is 17.7 Å². The lowest BCUT2D eigenvalue weighted by Gasteiger charge is -2.35. The fourth-order valence-electron chi connectivity index (χ4n) is 2.78. The van der Waals surface area contributed by atoms with Crippen LogP contribution in [0.1, 0.15) is 15.9 Å². The first-order valence-corrected chi connectivity index (χ1v) is 9.42. The van der Waals surface area contributed by atoms with Gasteiger partial charge in [-0.2, -0.15) is 0 Å². The first kappa shape index (κ1) is 21.4. The fourth-order valence-corrected chi connectivity index (χ4v) is 3.48. The third-order valence-corrected chi connectivity index (χ3v) is 5.16. The van der Waals surface area contributed by atoms with Crippen LogP contribution in [0.2, 0.25) is 0 Å².